The molecule has 1 aromatic carbocycles. The molecule has 1 atom stereocenters. The summed E-state index contributed by atoms with van der Waals surface area (Å²) in [5, 5.41) is 2.88. The zero-order valence-electron chi connectivity index (χ0n) is 12.2. The first-order chi connectivity index (χ1) is 10.7. The fourth-order valence-electron chi connectivity index (χ4n) is 3.52. The molecule has 2 aliphatic heterocycles. The van der Waals surface area contributed by atoms with Crippen molar-refractivity contribution in [1.29, 1.82) is 0 Å². The van der Waals surface area contributed by atoms with Gasteiger partial charge in [0.1, 0.15) is 12.1 Å². The molecule has 1 spiro atoms. The van der Waals surface area contributed by atoms with Gasteiger partial charge in [-0.15, -0.1) is 0 Å². The second-order valence-electron chi connectivity index (χ2n) is 6.13. The number of amides is 3. The molecule has 0 unspecified atom stereocenters. The lowest BCUT2D eigenvalue weighted by Gasteiger charge is -2.28. The Morgan fingerprint density at radius 2 is 1.91 bits per heavy atom. The Balaban J connectivity index is 1.48. The highest BCUT2D eigenvalue weighted by atomic mass is 16.6. The van der Waals surface area contributed by atoms with Crippen LogP contribution in [0.15, 0.2) is 24.3 Å². The summed E-state index contributed by atoms with van der Waals surface area (Å²) in [6, 6.07) is 7.10. The molecular formula is C16H18N2O4. The van der Waals surface area contributed by atoms with Gasteiger partial charge in [-0.25, -0.2) is 4.79 Å². The van der Waals surface area contributed by atoms with E-state index in [1.54, 1.807) is 0 Å². The number of para-hydroxylation sites is 2. The third-order valence-electron chi connectivity index (χ3n) is 4.66. The van der Waals surface area contributed by atoms with Gasteiger partial charge in [-0.3, -0.25) is 9.69 Å². The summed E-state index contributed by atoms with van der Waals surface area (Å²) in [7, 11) is 0. The van der Waals surface area contributed by atoms with Crippen LogP contribution in [0.3, 0.4) is 0 Å². The van der Waals surface area contributed by atoms with E-state index < -0.39 is 5.54 Å². The van der Waals surface area contributed by atoms with Gasteiger partial charge in [0.25, 0.3) is 5.91 Å². The van der Waals surface area contributed by atoms with Crippen molar-refractivity contribution in [3.63, 3.8) is 0 Å². The molecule has 1 saturated carbocycles. The number of nitrogens with one attached hydrogen (secondary N) is 1. The largest absolute Gasteiger partial charge is 0.486 e. The van der Waals surface area contributed by atoms with Crippen LogP contribution in [-0.4, -0.2) is 41.6 Å². The highest BCUT2D eigenvalue weighted by Gasteiger charge is 2.52. The lowest BCUT2D eigenvalue weighted by atomic mass is 9.98. The van der Waals surface area contributed by atoms with Crippen LogP contribution in [0.4, 0.5) is 4.79 Å². The fraction of sp³-hybridized carbons (Fsp3) is 0.500. The van der Waals surface area contributed by atoms with Gasteiger partial charge in [0.05, 0.1) is 6.54 Å². The first-order valence-corrected chi connectivity index (χ1v) is 7.71. The molecule has 1 N–H and O–H groups in total. The van der Waals surface area contributed by atoms with Crippen molar-refractivity contribution in [2.24, 2.45) is 0 Å². The number of carbonyl (C=O) groups excluding carboxylic acids is 2. The van der Waals surface area contributed by atoms with Crippen molar-refractivity contribution in [1.82, 2.24) is 10.2 Å². The van der Waals surface area contributed by atoms with Crippen LogP contribution >= 0.6 is 0 Å². The third-order valence-corrected chi connectivity index (χ3v) is 4.66. The third kappa shape index (κ3) is 2.01. The molecule has 0 radical (unpaired) electrons. The molecular weight excluding hydrogens is 284 g/mol. The van der Waals surface area contributed by atoms with Crippen molar-refractivity contribution < 1.29 is 19.1 Å². The van der Waals surface area contributed by atoms with Gasteiger partial charge in [0, 0.05) is 0 Å². The Bertz CT molecular complexity index is 624. The fourth-order valence-corrected chi connectivity index (χ4v) is 3.52. The van der Waals surface area contributed by atoms with Crippen molar-refractivity contribution in [2.45, 2.75) is 37.3 Å². The number of benzene rings is 1. The van der Waals surface area contributed by atoms with Gasteiger partial charge in [0.15, 0.2) is 17.6 Å². The predicted molar refractivity (Wildman–Crippen MR) is 77.8 cm³/mol. The Morgan fingerprint density at radius 3 is 2.68 bits per heavy atom. The van der Waals surface area contributed by atoms with Crippen LogP contribution in [0.1, 0.15) is 25.7 Å². The minimum Gasteiger partial charge on any atom is -0.486 e. The number of ether oxygens (including phenoxy) is 2. The highest BCUT2D eigenvalue weighted by molar-refractivity contribution is 6.07. The van der Waals surface area contributed by atoms with E-state index in [0.29, 0.717) is 18.1 Å². The maximum Gasteiger partial charge on any atom is 0.325 e. The van der Waals surface area contributed by atoms with Crippen molar-refractivity contribution in [3.05, 3.63) is 24.3 Å². The van der Waals surface area contributed by atoms with Gasteiger partial charge < -0.3 is 14.8 Å². The SMILES string of the molecule is O=C1NC2(CCCC2)C(=O)N1C[C@H]1COc2ccccc2O1. The lowest BCUT2D eigenvalue weighted by Crippen LogP contribution is -2.46. The minimum absolute atomic E-state index is 0.113. The van der Waals surface area contributed by atoms with Gasteiger partial charge in [0.2, 0.25) is 0 Å². The Labute approximate surface area is 128 Å². The van der Waals surface area contributed by atoms with Crippen molar-refractivity contribution in [3.8, 4) is 11.5 Å². The summed E-state index contributed by atoms with van der Waals surface area (Å²) in [6.07, 6.45) is 3.10. The van der Waals surface area contributed by atoms with E-state index >= 15 is 0 Å². The number of rotatable bonds is 2. The van der Waals surface area contributed by atoms with E-state index in [2.05, 4.69) is 5.32 Å². The maximum atomic E-state index is 12.6. The van der Waals surface area contributed by atoms with Crippen LogP contribution in [0.25, 0.3) is 0 Å². The van der Waals surface area contributed by atoms with E-state index in [-0.39, 0.29) is 24.6 Å². The van der Waals surface area contributed by atoms with Crippen LogP contribution in [0, 0.1) is 0 Å². The average Bonchev–Trinajstić information content (AvgIpc) is 3.09. The smallest absolute Gasteiger partial charge is 0.325 e. The predicted octanol–water partition coefficient (Wildman–Crippen LogP) is 1.69. The second kappa shape index (κ2) is 4.90. The highest BCUT2D eigenvalue weighted by Crippen LogP contribution is 2.36. The van der Waals surface area contributed by atoms with Crippen molar-refractivity contribution in [2.75, 3.05) is 13.2 Å². The Morgan fingerprint density at radius 1 is 1.18 bits per heavy atom. The number of urea groups is 1. The summed E-state index contributed by atoms with van der Waals surface area (Å²) in [6.45, 7) is 0.557. The Kier molecular flexibility index (Phi) is 2.99. The summed E-state index contributed by atoms with van der Waals surface area (Å²) in [5.74, 6) is 1.24. The van der Waals surface area contributed by atoms with Crippen LogP contribution in [0.2, 0.25) is 0 Å². The van der Waals surface area contributed by atoms with E-state index in [1.165, 1.54) is 4.90 Å². The normalized spacial score (nSPS) is 25.6. The molecule has 1 aliphatic carbocycles. The molecule has 3 amide bonds. The molecule has 3 aliphatic rings. The molecule has 1 aromatic rings. The molecule has 2 heterocycles. The van der Waals surface area contributed by atoms with Crippen LogP contribution in [-0.2, 0) is 4.79 Å². The number of carbonyl (C=O) groups is 2. The molecule has 22 heavy (non-hydrogen) atoms. The number of imide groups is 1. The molecule has 6 heteroatoms. The first kappa shape index (κ1) is 13.4. The molecule has 0 bridgehead atoms. The number of nitrogens with zero attached hydrogens (tertiary/aromatic N) is 1. The molecule has 1 saturated heterocycles. The molecule has 6 nitrogen and oxygen atoms in total. The molecule has 2 fully saturated rings. The standard InChI is InChI=1S/C16H18N2O4/c19-14-16(7-3-4-8-16)17-15(20)18(14)9-11-10-21-12-5-1-2-6-13(12)22-11/h1-2,5-6,11H,3-4,7-10H2,(H,17,20)/t11-/m0/s1. The topological polar surface area (TPSA) is 67.9 Å². The van der Waals surface area contributed by atoms with E-state index in [4.69, 9.17) is 9.47 Å². The van der Waals surface area contributed by atoms with E-state index in [9.17, 15) is 9.59 Å². The van der Waals surface area contributed by atoms with Gasteiger partial charge in [-0.2, -0.15) is 0 Å². The Hall–Kier alpha value is -2.24. The van der Waals surface area contributed by atoms with Gasteiger partial charge >= 0.3 is 6.03 Å². The number of hydrogen-bond donors (Lipinski definition) is 1. The molecule has 4 rings (SSSR count). The van der Waals surface area contributed by atoms with Gasteiger partial charge in [-0.05, 0) is 25.0 Å². The second-order valence-corrected chi connectivity index (χ2v) is 6.13. The lowest BCUT2D eigenvalue weighted by molar-refractivity contribution is -0.132. The monoisotopic (exact) mass is 302 g/mol. The summed E-state index contributed by atoms with van der Waals surface area (Å²) in [4.78, 5) is 26.1. The zero-order valence-corrected chi connectivity index (χ0v) is 12.2. The van der Waals surface area contributed by atoms with Gasteiger partial charge in [-0.1, -0.05) is 25.0 Å². The summed E-state index contributed by atoms with van der Waals surface area (Å²) < 4.78 is 11.5. The van der Waals surface area contributed by atoms with Crippen molar-refractivity contribution >= 4 is 11.9 Å². The first-order valence-electron chi connectivity index (χ1n) is 7.71. The quantitative estimate of drug-likeness (QED) is 0.844. The molecule has 0 aromatic heterocycles. The summed E-state index contributed by atoms with van der Waals surface area (Å²) in [5.41, 5.74) is -0.662. The van der Waals surface area contributed by atoms with Crippen LogP contribution in [0.5, 0.6) is 11.5 Å². The van der Waals surface area contributed by atoms with E-state index in [1.807, 2.05) is 24.3 Å². The maximum absolute atomic E-state index is 12.6. The number of fused-ring (bicyclic) bond motifs is 1. The molecule has 116 valence electrons. The van der Waals surface area contributed by atoms with Crippen LogP contribution < -0.4 is 14.8 Å². The number of hydrogen-bond acceptors (Lipinski definition) is 4. The van der Waals surface area contributed by atoms with E-state index in [0.717, 1.165) is 25.7 Å². The zero-order chi connectivity index (χ0) is 15.2. The summed E-state index contributed by atoms with van der Waals surface area (Å²) >= 11 is 0. The average molecular weight is 302 g/mol. The minimum atomic E-state index is -0.662.